The molecule has 0 bridgehead atoms. The summed E-state index contributed by atoms with van der Waals surface area (Å²) in [5, 5.41) is 7.87. The SMILES string of the molecule is CCCCCCC.CCCCCCC.CCCCCCC.CCCCCCC.CCCCCCC.CCCCCCC.CCCCCCC.CN(C)C(On1nnc2cccnc21)=[N+](C)C. The van der Waals surface area contributed by atoms with Crippen molar-refractivity contribution in [3.8, 4) is 0 Å². The zero-order chi connectivity index (χ0) is 51.2. The van der Waals surface area contributed by atoms with Gasteiger partial charge in [0.1, 0.15) is 5.52 Å². The summed E-state index contributed by atoms with van der Waals surface area (Å²) >= 11 is 0. The van der Waals surface area contributed by atoms with Gasteiger partial charge in [0.15, 0.2) is 0 Å². The number of hydrogen-bond acceptors (Lipinski definition) is 4. The van der Waals surface area contributed by atoms with Crippen molar-refractivity contribution < 1.29 is 9.41 Å². The molecule has 7 nitrogen and oxygen atoms in total. The van der Waals surface area contributed by atoms with Crippen LogP contribution in [0.2, 0.25) is 0 Å². The van der Waals surface area contributed by atoms with Gasteiger partial charge in [0.25, 0.3) is 0 Å². The Labute approximate surface area is 418 Å². The second-order valence-corrected chi connectivity index (χ2v) is 18.4. The topological polar surface area (TPSA) is 59.1 Å². The Hall–Kier alpha value is -2.18. The number of aromatic nitrogens is 4. The monoisotopic (exact) mass is 936 g/mol. The summed E-state index contributed by atoms with van der Waals surface area (Å²) in [7, 11) is 7.56. The molecule has 0 N–H and O–H groups in total. The zero-order valence-electron chi connectivity index (χ0n) is 49.1. The first-order chi connectivity index (χ1) is 32.0. The van der Waals surface area contributed by atoms with Crippen molar-refractivity contribution in [2.75, 3.05) is 28.2 Å². The predicted molar refractivity (Wildman–Crippen MR) is 304 cm³/mol. The first-order valence-electron chi connectivity index (χ1n) is 29.1. The van der Waals surface area contributed by atoms with Gasteiger partial charge in [0.2, 0.25) is 5.65 Å². The van der Waals surface area contributed by atoms with Crippen LogP contribution in [0.25, 0.3) is 11.2 Å². The third-order valence-corrected chi connectivity index (χ3v) is 10.6. The molecule has 0 radical (unpaired) electrons. The number of hydrogen-bond donors (Lipinski definition) is 0. The fourth-order valence-electron chi connectivity index (χ4n) is 6.18. The van der Waals surface area contributed by atoms with Crippen LogP contribution in [0.15, 0.2) is 18.3 Å². The summed E-state index contributed by atoms with van der Waals surface area (Å²) in [6, 6.07) is 4.28. The van der Waals surface area contributed by atoms with Gasteiger partial charge in [-0.1, -0.05) is 322 Å². The molecule has 0 amide bonds. The number of fused-ring (bicyclic) bond motifs is 1. The molecule has 0 aliphatic heterocycles. The Morgan fingerprint density at radius 1 is 0.424 bits per heavy atom. The Morgan fingerprint density at radius 3 is 0.864 bits per heavy atom. The van der Waals surface area contributed by atoms with E-state index in [4.69, 9.17) is 4.84 Å². The summed E-state index contributed by atoms with van der Waals surface area (Å²) < 4.78 is 1.84. The highest BCUT2D eigenvalue weighted by molar-refractivity contribution is 5.71. The Balaban J connectivity index is -0.000000162. The molecule has 0 aliphatic rings. The van der Waals surface area contributed by atoms with Crippen LogP contribution in [-0.4, -0.2) is 63.8 Å². The second-order valence-electron chi connectivity index (χ2n) is 18.4. The number of amidine groups is 1. The summed E-state index contributed by atoms with van der Waals surface area (Å²) in [6.45, 7) is 31.4. The van der Waals surface area contributed by atoms with Crippen molar-refractivity contribution in [2.45, 2.75) is 322 Å². The molecule has 0 atom stereocenters. The second kappa shape index (κ2) is 71.8. The molecule has 0 spiro atoms. The lowest BCUT2D eigenvalue weighted by Gasteiger charge is -2.09. The van der Waals surface area contributed by atoms with Crippen molar-refractivity contribution in [1.29, 1.82) is 0 Å². The Morgan fingerprint density at radius 2 is 0.667 bits per heavy atom. The van der Waals surface area contributed by atoms with Crippen LogP contribution in [0.1, 0.15) is 322 Å². The molecular formula is C59H127N6O+. The lowest BCUT2D eigenvalue weighted by molar-refractivity contribution is -0.480. The van der Waals surface area contributed by atoms with Gasteiger partial charge in [-0.2, -0.15) is 0 Å². The third kappa shape index (κ3) is 68.4. The quantitative estimate of drug-likeness (QED) is 0.0352. The summed E-state index contributed by atoms with van der Waals surface area (Å²) in [6.07, 6.45) is 50.7. The molecular weight excluding hydrogens is 809 g/mol. The van der Waals surface area contributed by atoms with Crippen LogP contribution in [-0.2, 0) is 0 Å². The van der Waals surface area contributed by atoms with Gasteiger partial charge < -0.3 is 0 Å². The maximum Gasteiger partial charge on any atom is 0.472 e. The first-order valence-corrected chi connectivity index (χ1v) is 29.1. The minimum Gasteiger partial charge on any atom is -0.277 e. The third-order valence-electron chi connectivity index (χ3n) is 10.6. The average molecular weight is 937 g/mol. The molecule has 0 aliphatic carbocycles. The van der Waals surface area contributed by atoms with Crippen LogP contribution in [0.5, 0.6) is 0 Å². The van der Waals surface area contributed by atoms with Crippen molar-refractivity contribution in [3.05, 3.63) is 18.3 Å². The highest BCUT2D eigenvalue weighted by Gasteiger charge is 2.18. The zero-order valence-corrected chi connectivity index (χ0v) is 49.1. The molecule has 0 unspecified atom stereocenters. The van der Waals surface area contributed by atoms with Gasteiger partial charge in [-0.3, -0.25) is 4.84 Å². The number of rotatable bonds is 29. The summed E-state index contributed by atoms with van der Waals surface area (Å²) in [4.78, 5) is 13.0. The van der Waals surface area contributed by atoms with Gasteiger partial charge in [-0.15, -0.1) is 5.10 Å². The molecule has 2 aromatic heterocycles. The Kier molecular flexibility index (Phi) is 82.0. The average Bonchev–Trinajstić information content (AvgIpc) is 3.73. The lowest BCUT2D eigenvalue weighted by Crippen LogP contribution is -2.39. The van der Waals surface area contributed by atoms with Gasteiger partial charge >= 0.3 is 6.02 Å². The van der Waals surface area contributed by atoms with E-state index in [2.05, 4.69) is 112 Å². The molecule has 0 aromatic carbocycles. The molecule has 7 heteroatoms. The number of pyridine rings is 1. The first kappa shape index (κ1) is 75.3. The maximum atomic E-state index is 5.64. The molecule has 0 fully saturated rings. The van der Waals surface area contributed by atoms with Crippen molar-refractivity contribution in [3.63, 3.8) is 0 Å². The van der Waals surface area contributed by atoms with Gasteiger partial charge in [0, 0.05) is 6.20 Å². The largest absolute Gasteiger partial charge is 0.472 e. The van der Waals surface area contributed by atoms with Crippen molar-refractivity contribution in [2.24, 2.45) is 0 Å². The number of nitrogens with zero attached hydrogens (tertiary/aromatic N) is 6. The smallest absolute Gasteiger partial charge is 0.277 e. The molecule has 2 heterocycles. The molecule has 2 rings (SSSR count). The fraction of sp³-hybridized carbons (Fsp3) is 0.898. The van der Waals surface area contributed by atoms with Crippen LogP contribution < -0.4 is 4.84 Å². The normalized spacial score (nSPS) is 9.67. The van der Waals surface area contributed by atoms with E-state index in [1.807, 2.05) is 49.8 Å². The van der Waals surface area contributed by atoms with Crippen LogP contribution in [0, 0.1) is 0 Å². The standard InChI is InChI=1S/C10H15N6O.7C7H16/c1-14(2)10(15(3)4)17-16-9-8(12-13-16)6-5-7-11-9;7*1-3-5-7-6-4-2/h5-7H,1-4H3;7*3-7H2,1-2H3/q+1;;;;;;;. The molecule has 66 heavy (non-hydrogen) atoms. The lowest BCUT2D eigenvalue weighted by atomic mass is 10.2. The summed E-state index contributed by atoms with van der Waals surface area (Å²) in [5.41, 5.74) is 1.29. The van der Waals surface area contributed by atoms with Gasteiger partial charge in [-0.05, 0) is 22.2 Å². The van der Waals surface area contributed by atoms with E-state index in [9.17, 15) is 0 Å². The van der Waals surface area contributed by atoms with E-state index < -0.39 is 0 Å². The van der Waals surface area contributed by atoms with E-state index in [0.717, 1.165) is 0 Å². The minimum absolute atomic E-state index is 0.591. The highest BCUT2D eigenvalue weighted by Crippen LogP contribution is 2.06. The van der Waals surface area contributed by atoms with E-state index in [0.29, 0.717) is 17.2 Å². The highest BCUT2D eigenvalue weighted by atomic mass is 16.7. The van der Waals surface area contributed by atoms with E-state index in [1.165, 1.54) is 230 Å². The molecule has 0 saturated heterocycles. The molecule has 2 aromatic rings. The minimum atomic E-state index is 0.591. The van der Waals surface area contributed by atoms with Crippen molar-refractivity contribution in [1.82, 2.24) is 25.0 Å². The number of unbranched alkanes of at least 4 members (excludes halogenated alkanes) is 28. The summed E-state index contributed by atoms with van der Waals surface area (Å²) in [5.74, 6) is 0. The molecule has 398 valence electrons. The van der Waals surface area contributed by atoms with Crippen LogP contribution in [0.3, 0.4) is 0 Å². The van der Waals surface area contributed by atoms with Crippen LogP contribution >= 0.6 is 0 Å². The van der Waals surface area contributed by atoms with E-state index in [-0.39, 0.29) is 0 Å². The van der Waals surface area contributed by atoms with Gasteiger partial charge in [0.05, 0.1) is 28.2 Å². The van der Waals surface area contributed by atoms with Crippen molar-refractivity contribution >= 4 is 17.2 Å². The van der Waals surface area contributed by atoms with E-state index in [1.54, 1.807) is 6.20 Å². The maximum absolute atomic E-state index is 5.64. The van der Waals surface area contributed by atoms with E-state index >= 15 is 0 Å². The van der Waals surface area contributed by atoms with Crippen LogP contribution in [0.4, 0.5) is 0 Å². The Bertz CT molecular complexity index is 971. The molecule has 0 saturated carbocycles. The van der Waals surface area contributed by atoms with Gasteiger partial charge in [-0.25, -0.2) is 14.5 Å². The fourth-order valence-corrected chi connectivity index (χ4v) is 6.18. The predicted octanol–water partition coefficient (Wildman–Crippen LogP) is 20.3.